The number of pyridine rings is 1. The first-order valence-corrected chi connectivity index (χ1v) is 11.9. The molecule has 3 aromatic rings. The van der Waals surface area contributed by atoms with Gasteiger partial charge in [-0.3, -0.25) is 0 Å². The number of rotatable bonds is 2. The molecule has 6 heteroatoms. The molecule has 0 bridgehead atoms. The average molecular weight is 407 g/mol. The molecule has 2 heterocycles. The van der Waals surface area contributed by atoms with Gasteiger partial charge in [0.05, 0.1) is 0 Å². The van der Waals surface area contributed by atoms with Gasteiger partial charge in [-0.15, -0.1) is 0 Å². The average Bonchev–Trinajstić information content (AvgIpc) is 2.84. The second-order valence-corrected chi connectivity index (χ2v) is 12.1. The van der Waals surface area contributed by atoms with Crippen LogP contribution in [0.1, 0.15) is 5.69 Å². The van der Waals surface area contributed by atoms with E-state index < -0.39 is 7.49 Å². The molecular weight excluding hydrogens is 387 g/mol. The summed E-state index contributed by atoms with van der Waals surface area (Å²) >= 11 is 3.49. The van der Waals surface area contributed by atoms with E-state index in [-0.39, 0.29) is 6.09 Å². The van der Waals surface area contributed by atoms with Crippen molar-refractivity contribution < 1.29 is 9.32 Å². The summed E-state index contributed by atoms with van der Waals surface area (Å²) in [6.07, 6.45) is 1.43. The van der Waals surface area contributed by atoms with E-state index in [4.69, 9.17) is 4.52 Å². The van der Waals surface area contributed by atoms with Gasteiger partial charge >= 0.3 is 150 Å². The van der Waals surface area contributed by atoms with E-state index in [9.17, 15) is 4.79 Å². The molecule has 0 aliphatic carbocycles. The number of carbonyl (C=O) groups excluding carboxylic acids is 1. The van der Waals surface area contributed by atoms with Gasteiger partial charge in [-0.1, -0.05) is 0 Å². The standard InChI is InChI=1S/C18H20BrN2O2P/c1-12-9-13(7-8-20-12)17-11-14-10-15(19)5-6-16(14)21(17)18(22)23-24(2,3)4/h5-11,24H,1-4H3. The van der Waals surface area contributed by atoms with Crippen LogP contribution in [0.25, 0.3) is 22.2 Å². The number of aryl methyl sites for hydroxylation is 1. The Hall–Kier alpha value is -1.71. The molecule has 0 saturated heterocycles. The molecular formula is C18H20BrN2O2P. The Morgan fingerprint density at radius 1 is 1.17 bits per heavy atom. The first-order valence-electron chi connectivity index (χ1n) is 7.72. The second-order valence-electron chi connectivity index (χ2n) is 6.73. The van der Waals surface area contributed by atoms with Gasteiger partial charge in [0.1, 0.15) is 0 Å². The molecule has 2 aromatic heterocycles. The number of benzene rings is 1. The van der Waals surface area contributed by atoms with E-state index in [1.165, 1.54) is 0 Å². The van der Waals surface area contributed by atoms with E-state index in [0.717, 1.165) is 32.3 Å². The predicted molar refractivity (Wildman–Crippen MR) is 106 cm³/mol. The molecule has 0 aliphatic rings. The molecule has 3 rings (SSSR count). The summed E-state index contributed by atoms with van der Waals surface area (Å²) < 4.78 is 8.39. The van der Waals surface area contributed by atoms with Gasteiger partial charge < -0.3 is 0 Å². The van der Waals surface area contributed by atoms with Crippen LogP contribution in [0, 0.1) is 6.92 Å². The van der Waals surface area contributed by atoms with Crippen LogP contribution in [0.4, 0.5) is 4.79 Å². The Kier molecular flexibility index (Phi) is 4.50. The molecule has 24 heavy (non-hydrogen) atoms. The van der Waals surface area contributed by atoms with Crippen LogP contribution in [-0.4, -0.2) is 35.6 Å². The van der Waals surface area contributed by atoms with Crippen LogP contribution in [0.2, 0.25) is 0 Å². The third-order valence-electron chi connectivity index (χ3n) is 3.53. The molecule has 0 N–H and O–H groups in total. The van der Waals surface area contributed by atoms with E-state index in [2.05, 4.69) is 20.9 Å². The molecule has 0 aliphatic heterocycles. The van der Waals surface area contributed by atoms with Crippen LogP contribution >= 0.6 is 23.4 Å². The van der Waals surface area contributed by atoms with Crippen molar-refractivity contribution in [3.8, 4) is 11.3 Å². The zero-order valence-electron chi connectivity index (χ0n) is 14.1. The van der Waals surface area contributed by atoms with Crippen molar-refractivity contribution in [3.63, 3.8) is 0 Å². The molecule has 0 amide bonds. The first-order chi connectivity index (χ1) is 11.2. The number of fused-ring (bicyclic) bond motifs is 1. The molecule has 126 valence electrons. The molecule has 0 atom stereocenters. The van der Waals surface area contributed by atoms with Gasteiger partial charge in [-0.25, -0.2) is 0 Å². The van der Waals surface area contributed by atoms with E-state index in [1.807, 2.05) is 63.3 Å². The van der Waals surface area contributed by atoms with Gasteiger partial charge in [0.2, 0.25) is 0 Å². The third kappa shape index (κ3) is 3.52. The Labute approximate surface area is 150 Å². The van der Waals surface area contributed by atoms with Crippen molar-refractivity contribution in [2.45, 2.75) is 6.92 Å². The Morgan fingerprint density at radius 3 is 2.58 bits per heavy atom. The first kappa shape index (κ1) is 17.1. The zero-order valence-corrected chi connectivity index (χ0v) is 16.7. The fourth-order valence-corrected chi connectivity index (χ4v) is 3.60. The van der Waals surface area contributed by atoms with Gasteiger partial charge in [0.25, 0.3) is 0 Å². The monoisotopic (exact) mass is 406 g/mol. The van der Waals surface area contributed by atoms with Crippen molar-refractivity contribution in [1.82, 2.24) is 9.55 Å². The topological polar surface area (TPSA) is 44.1 Å². The Bertz CT molecular complexity index is 928. The van der Waals surface area contributed by atoms with Crippen LogP contribution in [0.3, 0.4) is 0 Å². The maximum atomic E-state index is 12.8. The molecule has 0 spiro atoms. The van der Waals surface area contributed by atoms with Gasteiger partial charge in [0.15, 0.2) is 0 Å². The van der Waals surface area contributed by atoms with Crippen molar-refractivity contribution in [1.29, 1.82) is 0 Å². The number of aromatic nitrogens is 2. The minimum atomic E-state index is -2.00. The van der Waals surface area contributed by atoms with Crippen molar-refractivity contribution in [2.75, 3.05) is 20.0 Å². The van der Waals surface area contributed by atoms with Gasteiger partial charge in [0, 0.05) is 0 Å². The number of halogens is 1. The SMILES string of the molecule is Cc1cc(-c2cc3cc(Br)ccc3n2C(=O)O[PH](C)(C)C)ccn1. The van der Waals surface area contributed by atoms with Crippen molar-refractivity contribution in [3.05, 3.63) is 52.8 Å². The Morgan fingerprint density at radius 2 is 1.92 bits per heavy atom. The molecule has 0 unspecified atom stereocenters. The van der Waals surface area contributed by atoms with E-state index >= 15 is 0 Å². The minimum absolute atomic E-state index is 0.323. The normalized spacial score (nSPS) is 12.4. The fourth-order valence-electron chi connectivity index (χ4n) is 2.61. The summed E-state index contributed by atoms with van der Waals surface area (Å²) in [6.45, 7) is 7.95. The summed E-state index contributed by atoms with van der Waals surface area (Å²) in [5.41, 5.74) is 3.51. The summed E-state index contributed by atoms with van der Waals surface area (Å²) in [7, 11) is -2.00. The van der Waals surface area contributed by atoms with Crippen molar-refractivity contribution in [2.24, 2.45) is 0 Å². The predicted octanol–water partition coefficient (Wildman–Crippen LogP) is 5.31. The number of hydrogen-bond donors (Lipinski definition) is 0. The molecule has 0 fully saturated rings. The van der Waals surface area contributed by atoms with Crippen LogP contribution in [-0.2, 0) is 4.52 Å². The Balaban J connectivity index is 2.24. The third-order valence-corrected chi connectivity index (χ3v) is 4.81. The summed E-state index contributed by atoms with van der Waals surface area (Å²) in [5.74, 6) is 0. The summed E-state index contributed by atoms with van der Waals surface area (Å²) in [4.78, 5) is 17.1. The fraction of sp³-hybridized carbons (Fsp3) is 0.222. The maximum absolute atomic E-state index is 12.8. The van der Waals surface area contributed by atoms with Crippen molar-refractivity contribution >= 4 is 40.4 Å². The number of hydrogen-bond acceptors (Lipinski definition) is 3. The van der Waals surface area contributed by atoms with Crippen LogP contribution in [0.5, 0.6) is 0 Å². The van der Waals surface area contributed by atoms with E-state index in [0.29, 0.717) is 0 Å². The molecule has 4 nitrogen and oxygen atoms in total. The molecule has 0 radical (unpaired) electrons. The summed E-state index contributed by atoms with van der Waals surface area (Å²) in [5, 5.41) is 0.987. The molecule has 1 aromatic carbocycles. The van der Waals surface area contributed by atoms with Gasteiger partial charge in [-0.2, -0.15) is 0 Å². The van der Waals surface area contributed by atoms with Crippen LogP contribution < -0.4 is 0 Å². The second kappa shape index (κ2) is 6.30. The molecule has 0 saturated carbocycles. The van der Waals surface area contributed by atoms with Gasteiger partial charge in [-0.05, 0) is 0 Å². The number of carbonyl (C=O) groups is 1. The zero-order chi connectivity index (χ0) is 17.5. The van der Waals surface area contributed by atoms with E-state index in [1.54, 1.807) is 10.8 Å². The number of nitrogens with zero attached hydrogens (tertiary/aromatic N) is 2. The van der Waals surface area contributed by atoms with Crippen LogP contribution in [0.15, 0.2) is 47.1 Å². The quantitative estimate of drug-likeness (QED) is 0.541. The summed E-state index contributed by atoms with van der Waals surface area (Å²) in [6, 6.07) is 11.8.